The Balaban J connectivity index is 1.43. The van der Waals surface area contributed by atoms with E-state index in [1.165, 1.54) is 11.8 Å². The quantitative estimate of drug-likeness (QED) is 0.330. The van der Waals surface area contributed by atoms with Gasteiger partial charge in [0, 0.05) is 22.7 Å². The molecule has 4 aromatic rings. The number of hydrogen-bond acceptors (Lipinski definition) is 5. The number of aromatic nitrogens is 2. The lowest BCUT2D eigenvalue weighted by Gasteiger charge is -2.14. The van der Waals surface area contributed by atoms with Gasteiger partial charge in [-0.15, -0.1) is 11.8 Å². The second-order valence-corrected chi connectivity index (χ2v) is 10.0. The molecule has 1 aliphatic rings. The fourth-order valence-electron chi connectivity index (χ4n) is 3.85. The molecule has 5 nitrogen and oxygen atoms in total. The fraction of sp³-hybridized carbons (Fsp3) is 0.160. The van der Waals surface area contributed by atoms with Crippen LogP contribution >= 0.6 is 23.5 Å². The van der Waals surface area contributed by atoms with Gasteiger partial charge < -0.3 is 5.32 Å². The van der Waals surface area contributed by atoms with E-state index in [9.17, 15) is 9.59 Å². The number of nitrogens with zero attached hydrogens (tertiary/aromatic N) is 2. The van der Waals surface area contributed by atoms with Gasteiger partial charge in [0.2, 0.25) is 5.91 Å². The van der Waals surface area contributed by atoms with Crippen molar-refractivity contribution in [3.63, 3.8) is 0 Å². The monoisotopic (exact) mass is 459 g/mol. The van der Waals surface area contributed by atoms with Crippen molar-refractivity contribution in [2.75, 3.05) is 11.1 Å². The van der Waals surface area contributed by atoms with E-state index in [4.69, 9.17) is 4.98 Å². The van der Waals surface area contributed by atoms with Crippen molar-refractivity contribution in [2.24, 2.45) is 0 Å². The minimum atomic E-state index is -0.136. The first kappa shape index (κ1) is 20.8. The number of rotatable bonds is 5. The maximum atomic E-state index is 13.3. The number of thioether (sulfide) groups is 2. The Bertz CT molecular complexity index is 1360. The van der Waals surface area contributed by atoms with Crippen molar-refractivity contribution in [1.29, 1.82) is 0 Å². The topological polar surface area (TPSA) is 64.0 Å². The zero-order valence-corrected chi connectivity index (χ0v) is 19.1. The van der Waals surface area contributed by atoms with Gasteiger partial charge in [-0.25, -0.2) is 4.98 Å². The summed E-state index contributed by atoms with van der Waals surface area (Å²) in [7, 11) is 0. The highest BCUT2D eigenvalue weighted by Gasteiger charge is 2.27. The van der Waals surface area contributed by atoms with E-state index < -0.39 is 0 Å². The second-order valence-electron chi connectivity index (χ2n) is 7.64. The van der Waals surface area contributed by atoms with Crippen LogP contribution in [0.3, 0.4) is 0 Å². The maximum Gasteiger partial charge on any atom is 0.272 e. The van der Waals surface area contributed by atoms with Gasteiger partial charge in [-0.1, -0.05) is 73.3 Å². The van der Waals surface area contributed by atoms with Crippen molar-refractivity contribution in [1.82, 2.24) is 9.55 Å². The molecule has 2 heterocycles. The molecule has 0 radical (unpaired) electrons. The number of anilines is 1. The zero-order chi connectivity index (χ0) is 22.1. The molecule has 0 bridgehead atoms. The molecular weight excluding hydrogens is 438 g/mol. The predicted octanol–water partition coefficient (Wildman–Crippen LogP) is 5.15. The lowest BCUT2D eigenvalue weighted by atomic mass is 10.1. The summed E-state index contributed by atoms with van der Waals surface area (Å²) in [4.78, 5) is 31.6. The predicted molar refractivity (Wildman–Crippen MR) is 132 cm³/mol. The first-order valence-electron chi connectivity index (χ1n) is 10.4. The van der Waals surface area contributed by atoms with Crippen molar-refractivity contribution < 1.29 is 4.79 Å². The van der Waals surface area contributed by atoms with E-state index in [-0.39, 0.29) is 17.2 Å². The minimum absolute atomic E-state index is 0.0625. The van der Waals surface area contributed by atoms with Gasteiger partial charge in [-0.3, -0.25) is 14.2 Å². The van der Waals surface area contributed by atoms with Crippen LogP contribution in [0.5, 0.6) is 0 Å². The van der Waals surface area contributed by atoms with Crippen LogP contribution in [-0.2, 0) is 11.2 Å². The van der Waals surface area contributed by atoms with Gasteiger partial charge in [-0.05, 0) is 23.6 Å². The summed E-state index contributed by atoms with van der Waals surface area (Å²) in [6.07, 6.45) is 0.765. The summed E-state index contributed by atoms with van der Waals surface area (Å²) in [6, 6.07) is 23.3. The average molecular weight is 460 g/mol. The highest BCUT2D eigenvalue weighted by molar-refractivity contribution is 8.00. The average Bonchev–Trinajstić information content (AvgIpc) is 3.19. The Morgan fingerprint density at radius 3 is 2.69 bits per heavy atom. The minimum Gasteiger partial charge on any atom is -0.325 e. The number of para-hydroxylation sites is 1. The Hall–Kier alpha value is -3.03. The van der Waals surface area contributed by atoms with Gasteiger partial charge in [0.15, 0.2) is 5.16 Å². The van der Waals surface area contributed by atoms with Crippen LogP contribution in [0.1, 0.15) is 12.6 Å². The van der Waals surface area contributed by atoms with Gasteiger partial charge in [0.1, 0.15) is 0 Å². The summed E-state index contributed by atoms with van der Waals surface area (Å²) in [5.41, 5.74) is 2.30. The highest BCUT2D eigenvalue weighted by Crippen LogP contribution is 2.35. The lowest BCUT2D eigenvalue weighted by Crippen LogP contribution is -2.24. The highest BCUT2D eigenvalue weighted by atomic mass is 32.2. The smallest absolute Gasteiger partial charge is 0.272 e. The van der Waals surface area contributed by atoms with Gasteiger partial charge in [0.05, 0.1) is 22.0 Å². The number of hydrogen-bond donors (Lipinski definition) is 1. The summed E-state index contributed by atoms with van der Waals surface area (Å²) in [5, 5.41) is 5.95. The Kier molecular flexibility index (Phi) is 5.76. The van der Waals surface area contributed by atoms with Crippen LogP contribution in [-0.4, -0.2) is 26.5 Å². The first-order chi connectivity index (χ1) is 15.6. The number of amides is 1. The molecule has 5 rings (SSSR count). The van der Waals surface area contributed by atoms with E-state index >= 15 is 0 Å². The van der Waals surface area contributed by atoms with E-state index in [2.05, 4.69) is 12.2 Å². The number of carbonyl (C=O) groups excluding carboxylic acids is 1. The van der Waals surface area contributed by atoms with E-state index in [1.54, 1.807) is 16.3 Å². The van der Waals surface area contributed by atoms with Crippen LogP contribution < -0.4 is 10.9 Å². The molecule has 1 unspecified atom stereocenters. The summed E-state index contributed by atoms with van der Waals surface area (Å²) in [5.74, 6) is 0.0210. The molecule has 0 spiro atoms. The van der Waals surface area contributed by atoms with Crippen LogP contribution in [0, 0.1) is 0 Å². The zero-order valence-electron chi connectivity index (χ0n) is 17.4. The fourth-order valence-corrected chi connectivity index (χ4v) is 5.78. The molecule has 160 valence electrons. The number of benzene rings is 3. The molecular formula is C25H21N3O2S2. The molecule has 1 N–H and O–H groups in total. The summed E-state index contributed by atoms with van der Waals surface area (Å²) < 4.78 is 1.62. The SMILES string of the molecule is CC1Cc2nc(SCC(=O)Nc3cccc4ccccc34)n(-c3ccccc3)c(=O)c2S1. The van der Waals surface area contributed by atoms with E-state index in [0.717, 1.165) is 34.3 Å². The van der Waals surface area contributed by atoms with E-state index in [1.807, 2.05) is 72.8 Å². The van der Waals surface area contributed by atoms with Crippen LogP contribution in [0.2, 0.25) is 0 Å². The van der Waals surface area contributed by atoms with Crippen LogP contribution in [0.25, 0.3) is 16.5 Å². The first-order valence-corrected chi connectivity index (χ1v) is 12.2. The maximum absolute atomic E-state index is 13.3. The number of carbonyl (C=O) groups is 1. The van der Waals surface area contributed by atoms with Crippen LogP contribution in [0.4, 0.5) is 5.69 Å². The molecule has 1 aliphatic heterocycles. The number of nitrogens with one attached hydrogen (secondary N) is 1. The molecule has 1 atom stereocenters. The largest absolute Gasteiger partial charge is 0.325 e. The third-order valence-corrected chi connectivity index (χ3v) is 7.45. The number of fused-ring (bicyclic) bond motifs is 2. The molecule has 0 fully saturated rings. The molecule has 3 aromatic carbocycles. The Morgan fingerprint density at radius 2 is 1.84 bits per heavy atom. The molecule has 1 amide bonds. The van der Waals surface area contributed by atoms with Crippen molar-refractivity contribution >= 4 is 45.9 Å². The summed E-state index contributed by atoms with van der Waals surface area (Å²) >= 11 is 2.86. The molecule has 7 heteroatoms. The van der Waals surface area contributed by atoms with Gasteiger partial charge >= 0.3 is 0 Å². The molecule has 1 aromatic heterocycles. The Morgan fingerprint density at radius 1 is 1.09 bits per heavy atom. The molecule has 0 saturated heterocycles. The van der Waals surface area contributed by atoms with Crippen LogP contribution in [0.15, 0.2) is 87.6 Å². The van der Waals surface area contributed by atoms with Crippen molar-refractivity contribution in [2.45, 2.75) is 28.6 Å². The summed E-state index contributed by atoms with van der Waals surface area (Å²) in [6.45, 7) is 2.10. The molecule has 32 heavy (non-hydrogen) atoms. The Labute approximate surface area is 194 Å². The lowest BCUT2D eigenvalue weighted by molar-refractivity contribution is -0.113. The third-order valence-electron chi connectivity index (χ3n) is 5.29. The van der Waals surface area contributed by atoms with Crippen molar-refractivity contribution in [3.8, 4) is 5.69 Å². The molecule has 0 saturated carbocycles. The van der Waals surface area contributed by atoms with Crippen molar-refractivity contribution in [3.05, 3.63) is 88.8 Å². The van der Waals surface area contributed by atoms with E-state index in [0.29, 0.717) is 15.3 Å². The second kappa shape index (κ2) is 8.84. The van der Waals surface area contributed by atoms with Gasteiger partial charge in [0.25, 0.3) is 5.56 Å². The molecule has 0 aliphatic carbocycles. The standard InChI is InChI=1S/C25H21N3O2S2/c1-16-14-21-23(32-16)24(30)28(18-10-3-2-4-11-18)25(27-21)31-15-22(29)26-20-13-7-9-17-8-5-6-12-19(17)20/h2-13,16H,14-15H2,1H3,(H,26,29). The van der Waals surface area contributed by atoms with Gasteiger partial charge in [-0.2, -0.15) is 0 Å². The third kappa shape index (κ3) is 4.06. The normalized spacial score (nSPS) is 15.0.